The van der Waals surface area contributed by atoms with Crippen LogP contribution in [0, 0.1) is 0 Å². The summed E-state index contributed by atoms with van der Waals surface area (Å²) in [6, 6.07) is -1.75. The van der Waals surface area contributed by atoms with Gasteiger partial charge in [-0.2, -0.15) is 5.06 Å². The largest absolute Gasteiger partial charge is 0.477 e. The Balaban J connectivity index is 1.93. The van der Waals surface area contributed by atoms with Gasteiger partial charge in [-0.15, -0.1) is 11.3 Å². The van der Waals surface area contributed by atoms with E-state index in [1.807, 2.05) is 0 Å². The Morgan fingerprint density at radius 3 is 2.62 bits per heavy atom. The summed E-state index contributed by atoms with van der Waals surface area (Å²) in [4.78, 5) is 75.2. The molecule has 0 spiro atoms. The Morgan fingerprint density at radius 1 is 1.41 bits per heavy atom. The zero-order valence-electron chi connectivity index (χ0n) is 16.6. The van der Waals surface area contributed by atoms with Gasteiger partial charge in [-0.1, -0.05) is 5.16 Å². The molecule has 3 rings (SSSR count). The monoisotopic (exact) mass is 471 g/mol. The fourth-order valence-electron chi connectivity index (χ4n) is 3.02. The van der Waals surface area contributed by atoms with Crippen LogP contribution < -0.4 is 11.1 Å². The van der Waals surface area contributed by atoms with E-state index in [1.165, 1.54) is 5.38 Å². The summed E-state index contributed by atoms with van der Waals surface area (Å²) in [6.07, 6.45) is -2.53. The second kappa shape index (κ2) is 8.75. The molecular weight excluding hydrogens is 454 g/mol. The van der Waals surface area contributed by atoms with Crippen molar-refractivity contribution in [2.75, 3.05) is 20.0 Å². The van der Waals surface area contributed by atoms with Crippen LogP contribution in [-0.2, 0) is 43.1 Å². The van der Waals surface area contributed by atoms with Crippen LogP contribution in [0.3, 0.4) is 0 Å². The van der Waals surface area contributed by atoms with Crippen molar-refractivity contribution in [3.63, 3.8) is 0 Å². The predicted octanol–water partition coefficient (Wildman–Crippen LogP) is -2.01. The number of ether oxygens (including phenoxy) is 2. The number of carbonyl (C=O) groups excluding carboxylic acids is 4. The van der Waals surface area contributed by atoms with Crippen molar-refractivity contribution in [3.05, 3.63) is 11.1 Å². The predicted molar refractivity (Wildman–Crippen MR) is 101 cm³/mol. The Hall–Kier alpha value is -3.79. The van der Waals surface area contributed by atoms with Crippen molar-refractivity contribution in [2.24, 2.45) is 5.16 Å². The number of carbonyl (C=O) groups is 5. The second-order valence-corrected chi connectivity index (χ2v) is 7.28. The molecule has 1 aromatic heterocycles. The summed E-state index contributed by atoms with van der Waals surface area (Å²) in [7, 11) is 2.16. The van der Waals surface area contributed by atoms with Crippen LogP contribution in [0.2, 0.25) is 0 Å². The summed E-state index contributed by atoms with van der Waals surface area (Å²) < 4.78 is 9.43. The number of thiazole rings is 1. The van der Waals surface area contributed by atoms with Gasteiger partial charge >= 0.3 is 23.6 Å². The van der Waals surface area contributed by atoms with Crippen LogP contribution in [0.4, 0.5) is 5.13 Å². The van der Waals surface area contributed by atoms with E-state index in [9.17, 15) is 29.1 Å². The van der Waals surface area contributed by atoms with Gasteiger partial charge in [-0.25, -0.2) is 19.4 Å². The molecular formula is C16H17N5O10S. The number of rotatable bonds is 7. The molecule has 3 heterocycles. The molecule has 32 heavy (non-hydrogen) atoms. The number of hydrogen-bond donors (Lipinski definition) is 3. The standard InChI is InChI=1S/C16H17N5O10S/c1-28-13(25)10-9(19-11(23)8(20-29-2)6-5-32-15(17)18-6)12(24)21(31-10)16(14(26)27)4-3-7(22)30-16/h5,9-10H,3-4H2,1-2H3,(H2,17,18)(H,19,23)(H,26,27)/b20-8-/t9-,10-,16?/m0/s1. The van der Waals surface area contributed by atoms with E-state index in [0.717, 1.165) is 25.6 Å². The number of amides is 2. The van der Waals surface area contributed by atoms with E-state index in [4.69, 9.17) is 15.3 Å². The molecule has 0 bridgehead atoms. The first-order chi connectivity index (χ1) is 15.1. The van der Waals surface area contributed by atoms with Gasteiger partial charge in [-0.3, -0.25) is 14.4 Å². The number of aliphatic carboxylic acids is 1. The number of anilines is 1. The van der Waals surface area contributed by atoms with Crippen molar-refractivity contribution in [1.82, 2.24) is 15.4 Å². The number of methoxy groups -OCH3 is 1. The molecule has 1 aromatic rings. The number of hydrogen-bond acceptors (Lipinski definition) is 13. The highest BCUT2D eigenvalue weighted by atomic mass is 32.1. The number of aromatic nitrogens is 1. The molecule has 2 aliphatic rings. The first kappa shape index (κ1) is 22.9. The van der Waals surface area contributed by atoms with E-state index in [0.29, 0.717) is 0 Å². The van der Waals surface area contributed by atoms with Gasteiger partial charge in [0.05, 0.1) is 13.5 Å². The molecule has 2 aliphatic heterocycles. The van der Waals surface area contributed by atoms with E-state index in [1.54, 1.807) is 0 Å². The first-order valence-corrected chi connectivity index (χ1v) is 9.70. The molecule has 0 aliphatic carbocycles. The quantitative estimate of drug-likeness (QED) is 0.224. The third-order valence-electron chi connectivity index (χ3n) is 4.48. The molecule has 4 N–H and O–H groups in total. The van der Waals surface area contributed by atoms with Crippen LogP contribution in [0.1, 0.15) is 18.5 Å². The summed E-state index contributed by atoms with van der Waals surface area (Å²) in [6.45, 7) is 0. The van der Waals surface area contributed by atoms with Crippen LogP contribution in [0.5, 0.6) is 0 Å². The SMILES string of the molecule is CO/N=C(\C(=O)N[C@@H]1C(=O)N(C2(C(=O)O)CCC(=O)O2)O[C@@H]1C(=O)OC)c1csc(N)n1. The van der Waals surface area contributed by atoms with E-state index >= 15 is 0 Å². The molecule has 16 heteroatoms. The summed E-state index contributed by atoms with van der Waals surface area (Å²) in [5.41, 5.74) is 2.70. The lowest BCUT2D eigenvalue weighted by Crippen LogP contribution is -2.57. The minimum Gasteiger partial charge on any atom is -0.477 e. The Kier molecular flexibility index (Phi) is 6.26. The molecule has 2 fully saturated rings. The van der Waals surface area contributed by atoms with Crippen LogP contribution in [-0.4, -0.2) is 82.7 Å². The zero-order chi connectivity index (χ0) is 23.6. The molecule has 1 unspecified atom stereocenters. The van der Waals surface area contributed by atoms with Gasteiger partial charge < -0.3 is 30.5 Å². The lowest BCUT2D eigenvalue weighted by atomic mass is 10.1. The molecule has 15 nitrogen and oxygen atoms in total. The van der Waals surface area contributed by atoms with Gasteiger partial charge in [0.1, 0.15) is 12.8 Å². The highest BCUT2D eigenvalue weighted by molar-refractivity contribution is 7.13. The number of cyclic esters (lactones) is 1. The number of nitrogens with two attached hydrogens (primary N) is 1. The number of oxime groups is 1. The van der Waals surface area contributed by atoms with Crippen LogP contribution >= 0.6 is 11.3 Å². The summed E-state index contributed by atoms with van der Waals surface area (Å²) in [5.74, 6) is -5.87. The normalized spacial score (nSPS) is 25.4. The van der Waals surface area contributed by atoms with Crippen LogP contribution in [0.15, 0.2) is 10.5 Å². The molecule has 2 saturated heterocycles. The first-order valence-electron chi connectivity index (χ1n) is 8.82. The molecule has 2 amide bonds. The number of nitrogens with zero attached hydrogens (tertiary/aromatic N) is 3. The Bertz CT molecular complexity index is 1010. The highest BCUT2D eigenvalue weighted by Gasteiger charge is 2.62. The molecule has 3 atom stereocenters. The number of hydroxylamine groups is 2. The topological polar surface area (TPSA) is 209 Å². The Morgan fingerprint density at radius 2 is 2.12 bits per heavy atom. The number of carboxylic acids is 1. The minimum atomic E-state index is -2.51. The highest BCUT2D eigenvalue weighted by Crippen LogP contribution is 2.36. The third kappa shape index (κ3) is 3.92. The number of esters is 2. The lowest BCUT2D eigenvalue weighted by molar-refractivity contribution is -0.268. The fraction of sp³-hybridized carbons (Fsp3) is 0.438. The zero-order valence-corrected chi connectivity index (χ0v) is 17.4. The van der Waals surface area contributed by atoms with Crippen molar-refractivity contribution in [1.29, 1.82) is 0 Å². The van der Waals surface area contributed by atoms with E-state index in [-0.39, 0.29) is 28.0 Å². The van der Waals surface area contributed by atoms with Crippen molar-refractivity contribution < 1.29 is 48.2 Å². The van der Waals surface area contributed by atoms with Crippen molar-refractivity contribution >= 4 is 51.9 Å². The average molecular weight is 471 g/mol. The fourth-order valence-corrected chi connectivity index (χ4v) is 3.57. The summed E-state index contributed by atoms with van der Waals surface area (Å²) in [5, 5.41) is 17.2. The van der Waals surface area contributed by atoms with Gasteiger partial charge in [0, 0.05) is 11.8 Å². The smallest absolute Gasteiger partial charge is 0.372 e. The van der Waals surface area contributed by atoms with Gasteiger partial charge in [-0.05, 0) is 0 Å². The second-order valence-electron chi connectivity index (χ2n) is 6.39. The maximum atomic E-state index is 13.0. The van der Waals surface area contributed by atoms with Crippen LogP contribution in [0.25, 0.3) is 0 Å². The lowest BCUT2D eigenvalue weighted by Gasteiger charge is -2.30. The molecule has 0 radical (unpaired) electrons. The number of carboxylic acid groups (broad SMARTS) is 1. The van der Waals surface area contributed by atoms with E-state index in [2.05, 4.69) is 25.0 Å². The maximum absolute atomic E-state index is 13.0. The van der Waals surface area contributed by atoms with Gasteiger partial charge in [0.15, 0.2) is 16.9 Å². The number of nitrogen functional groups attached to an aromatic ring is 1. The van der Waals surface area contributed by atoms with Gasteiger partial charge in [0.25, 0.3) is 11.8 Å². The molecule has 0 saturated carbocycles. The third-order valence-corrected chi connectivity index (χ3v) is 5.16. The average Bonchev–Trinajstić information content (AvgIpc) is 3.44. The molecule has 0 aromatic carbocycles. The maximum Gasteiger partial charge on any atom is 0.372 e. The Labute approximate surface area is 183 Å². The van der Waals surface area contributed by atoms with Crippen molar-refractivity contribution in [2.45, 2.75) is 30.7 Å². The van der Waals surface area contributed by atoms with Gasteiger partial charge in [0.2, 0.25) is 6.10 Å². The summed E-state index contributed by atoms with van der Waals surface area (Å²) >= 11 is 1.01. The minimum absolute atomic E-state index is 0.0245. The number of nitrogens with one attached hydrogen (secondary N) is 1. The van der Waals surface area contributed by atoms with Crippen molar-refractivity contribution in [3.8, 4) is 0 Å². The van der Waals surface area contributed by atoms with E-state index < -0.39 is 54.0 Å². The molecule has 172 valence electrons.